The third-order valence-electron chi connectivity index (χ3n) is 5.97. The second-order valence-electron chi connectivity index (χ2n) is 7.94. The predicted octanol–water partition coefficient (Wildman–Crippen LogP) is 1.31. The van der Waals surface area contributed by atoms with Crippen molar-refractivity contribution in [1.82, 2.24) is 24.2 Å². The first-order chi connectivity index (χ1) is 16.3. The third-order valence-corrected chi connectivity index (χ3v) is 6.28. The molecule has 176 valence electrons. The number of nitrogens with zero attached hydrogens (tertiary/aromatic N) is 5. The molecule has 2 atom stereocenters. The number of carbonyl (C=O) groups is 2. The van der Waals surface area contributed by atoms with E-state index in [2.05, 4.69) is 28.5 Å². The van der Waals surface area contributed by atoms with Crippen LogP contribution >= 0.6 is 11.6 Å². The molecule has 2 amide bonds. The number of amides is 2. The van der Waals surface area contributed by atoms with E-state index in [0.29, 0.717) is 17.0 Å². The van der Waals surface area contributed by atoms with Crippen LogP contribution in [0.2, 0.25) is 5.02 Å². The Morgan fingerprint density at radius 2 is 2.15 bits per heavy atom. The lowest BCUT2D eigenvalue weighted by molar-refractivity contribution is -0.127. The van der Waals surface area contributed by atoms with E-state index in [0.717, 1.165) is 17.6 Å². The van der Waals surface area contributed by atoms with Crippen LogP contribution in [0.15, 0.2) is 31.1 Å². The quantitative estimate of drug-likeness (QED) is 0.370. The lowest BCUT2D eigenvalue weighted by Crippen LogP contribution is -2.36. The predicted molar refractivity (Wildman–Crippen MR) is 128 cm³/mol. The maximum absolute atomic E-state index is 12.2. The van der Waals surface area contributed by atoms with Gasteiger partial charge in [-0.25, -0.2) is 9.67 Å². The molecule has 3 heterocycles. The first kappa shape index (κ1) is 23.4. The van der Waals surface area contributed by atoms with Crippen LogP contribution in [0.4, 0.5) is 5.82 Å². The second kappa shape index (κ2) is 9.21. The molecule has 34 heavy (non-hydrogen) atoms. The van der Waals surface area contributed by atoms with Crippen molar-refractivity contribution in [2.75, 3.05) is 18.9 Å². The molecule has 2 aromatic heterocycles. The molecule has 1 aromatic carbocycles. The molecule has 1 saturated heterocycles. The van der Waals surface area contributed by atoms with Gasteiger partial charge in [0.1, 0.15) is 11.4 Å². The van der Waals surface area contributed by atoms with Gasteiger partial charge in [-0.2, -0.15) is 5.10 Å². The number of aliphatic hydroxyl groups is 1. The number of fused-ring (bicyclic) bond motifs is 1. The van der Waals surface area contributed by atoms with Gasteiger partial charge in [0, 0.05) is 18.7 Å². The zero-order valence-corrected chi connectivity index (χ0v) is 19.3. The second-order valence-corrected chi connectivity index (χ2v) is 8.35. The van der Waals surface area contributed by atoms with Gasteiger partial charge < -0.3 is 26.0 Å². The number of rotatable bonds is 5. The number of likely N-dealkylation sites (tertiary alicyclic amines) is 1. The Kier molecular flexibility index (Phi) is 6.32. The van der Waals surface area contributed by atoms with E-state index in [1.54, 1.807) is 18.5 Å². The Hall–Kier alpha value is -3.81. The lowest BCUT2D eigenvalue weighted by atomic mass is 10.1. The zero-order chi connectivity index (χ0) is 24.6. The number of nitrogens with two attached hydrogens (primary N) is 2. The van der Waals surface area contributed by atoms with Crippen molar-refractivity contribution in [3.8, 4) is 11.8 Å². The summed E-state index contributed by atoms with van der Waals surface area (Å²) in [5.41, 5.74) is 14.0. The van der Waals surface area contributed by atoms with Gasteiger partial charge in [0.05, 0.1) is 41.1 Å². The molecule has 0 spiro atoms. The van der Waals surface area contributed by atoms with Crippen molar-refractivity contribution in [2.45, 2.75) is 32.0 Å². The first-order valence-electron chi connectivity index (χ1n) is 10.7. The minimum Gasteiger partial charge on any atom is -0.394 e. The fourth-order valence-corrected chi connectivity index (χ4v) is 4.44. The summed E-state index contributed by atoms with van der Waals surface area (Å²) in [6.07, 6.45) is 3.32. The lowest BCUT2D eigenvalue weighted by Gasteiger charge is -2.20. The van der Waals surface area contributed by atoms with Crippen molar-refractivity contribution in [3.05, 3.63) is 53.0 Å². The number of hydrogen-bond donors (Lipinski definition) is 3. The van der Waals surface area contributed by atoms with Gasteiger partial charge in [0.2, 0.25) is 5.91 Å². The first-order valence-corrected chi connectivity index (χ1v) is 11.0. The molecular formula is C23H24ClN7O3. The maximum Gasteiger partial charge on any atom is 0.255 e. The Morgan fingerprint density at radius 3 is 2.79 bits per heavy atom. The molecule has 1 aliphatic heterocycles. The van der Waals surface area contributed by atoms with E-state index >= 15 is 0 Å². The minimum absolute atomic E-state index is 0.00555. The van der Waals surface area contributed by atoms with Gasteiger partial charge in [0.15, 0.2) is 5.69 Å². The van der Waals surface area contributed by atoms with Crippen LogP contribution in [0.1, 0.15) is 41.0 Å². The number of imidazole rings is 1. The van der Waals surface area contributed by atoms with Gasteiger partial charge in [0.25, 0.3) is 5.91 Å². The molecule has 0 saturated carbocycles. The van der Waals surface area contributed by atoms with Gasteiger partial charge in [-0.1, -0.05) is 24.1 Å². The summed E-state index contributed by atoms with van der Waals surface area (Å²) in [5, 5.41) is 14.6. The summed E-state index contributed by atoms with van der Waals surface area (Å²) >= 11 is 6.43. The molecule has 4 rings (SSSR count). The van der Waals surface area contributed by atoms with Gasteiger partial charge in [-0.15, -0.1) is 0 Å². The SMILES string of the molecule is C=CC(=O)N1C[C@@H](n2nc(C#Cc3cc4ncn(CC)c4cc3Cl)c(C(N)=O)c2N)C[C@@H]1CO. The number of nitrogen functional groups attached to an aromatic ring is 1. The average molecular weight is 482 g/mol. The van der Waals surface area contributed by atoms with E-state index in [1.165, 1.54) is 15.7 Å². The van der Waals surface area contributed by atoms with Crippen LogP contribution in [0.5, 0.6) is 0 Å². The molecule has 10 nitrogen and oxygen atoms in total. The molecule has 5 N–H and O–H groups in total. The van der Waals surface area contributed by atoms with Gasteiger partial charge >= 0.3 is 0 Å². The Labute approximate surface area is 200 Å². The van der Waals surface area contributed by atoms with E-state index in [9.17, 15) is 14.7 Å². The summed E-state index contributed by atoms with van der Waals surface area (Å²) in [6, 6.07) is 2.77. The topological polar surface area (TPSA) is 145 Å². The Bertz CT molecular complexity index is 1360. The van der Waals surface area contributed by atoms with Crippen LogP contribution in [0.3, 0.4) is 0 Å². The molecule has 3 aromatic rings. The number of carbonyl (C=O) groups excluding carboxylic acids is 2. The van der Waals surface area contributed by atoms with Crippen LogP contribution in [-0.4, -0.2) is 60.3 Å². The van der Waals surface area contributed by atoms with E-state index in [4.69, 9.17) is 23.1 Å². The van der Waals surface area contributed by atoms with E-state index in [1.807, 2.05) is 11.5 Å². The number of aromatic nitrogens is 4. The highest BCUT2D eigenvalue weighted by Gasteiger charge is 2.37. The summed E-state index contributed by atoms with van der Waals surface area (Å²) in [4.78, 5) is 30.2. The highest BCUT2D eigenvalue weighted by Crippen LogP contribution is 2.31. The van der Waals surface area contributed by atoms with Crippen LogP contribution < -0.4 is 11.5 Å². The van der Waals surface area contributed by atoms with Gasteiger partial charge in [-0.05, 0) is 37.5 Å². The fraction of sp³-hybridized carbons (Fsp3) is 0.304. The van der Waals surface area contributed by atoms with Crippen LogP contribution in [-0.2, 0) is 11.3 Å². The normalized spacial score (nSPS) is 17.6. The molecule has 0 radical (unpaired) electrons. The number of halogens is 1. The summed E-state index contributed by atoms with van der Waals surface area (Å²) in [5.74, 6) is 4.78. The van der Waals surface area contributed by atoms with Crippen molar-refractivity contribution in [1.29, 1.82) is 0 Å². The standard InChI is InChI=1S/C23H24ClN7O3/c1-3-20(33)30-10-14(8-15(30)11-32)31-22(25)21(23(26)34)17(28-31)6-5-13-7-18-19(9-16(13)24)29(4-2)12-27-18/h3,7,9,12,14-15,32H,1,4,8,10-11,25H2,2H3,(H2,26,34)/t14-,15+/m0/s1. The number of hydrogen-bond acceptors (Lipinski definition) is 6. The van der Waals surface area contributed by atoms with Crippen molar-refractivity contribution < 1.29 is 14.7 Å². The molecule has 0 bridgehead atoms. The number of aliphatic hydroxyl groups excluding tert-OH is 1. The average Bonchev–Trinajstić information content (AvgIpc) is 3.51. The van der Waals surface area contributed by atoms with Crippen LogP contribution in [0.25, 0.3) is 11.0 Å². The van der Waals surface area contributed by atoms with Crippen molar-refractivity contribution >= 4 is 40.3 Å². The molecular weight excluding hydrogens is 458 g/mol. The smallest absolute Gasteiger partial charge is 0.255 e. The number of anilines is 1. The van der Waals surface area contributed by atoms with Crippen molar-refractivity contribution in [2.24, 2.45) is 5.73 Å². The van der Waals surface area contributed by atoms with Crippen LogP contribution in [0, 0.1) is 11.8 Å². The highest BCUT2D eigenvalue weighted by atomic mass is 35.5. The molecule has 1 aliphatic rings. The van der Waals surface area contributed by atoms with Crippen molar-refractivity contribution in [3.63, 3.8) is 0 Å². The Balaban J connectivity index is 1.72. The van der Waals surface area contributed by atoms with E-state index < -0.39 is 11.9 Å². The molecule has 0 unspecified atom stereocenters. The monoisotopic (exact) mass is 481 g/mol. The summed E-state index contributed by atoms with van der Waals surface area (Å²) in [7, 11) is 0. The highest BCUT2D eigenvalue weighted by molar-refractivity contribution is 6.32. The third kappa shape index (κ3) is 4.00. The zero-order valence-electron chi connectivity index (χ0n) is 18.5. The molecule has 11 heteroatoms. The summed E-state index contributed by atoms with van der Waals surface area (Å²) in [6.45, 7) is 6.29. The molecule has 1 fully saturated rings. The minimum atomic E-state index is -0.771. The largest absolute Gasteiger partial charge is 0.394 e. The van der Waals surface area contributed by atoms with E-state index in [-0.39, 0.29) is 42.2 Å². The number of benzene rings is 1. The number of aryl methyl sites for hydroxylation is 1. The maximum atomic E-state index is 12.2. The Morgan fingerprint density at radius 1 is 1.38 bits per heavy atom. The summed E-state index contributed by atoms with van der Waals surface area (Å²) < 4.78 is 3.41. The molecule has 0 aliphatic carbocycles. The fourth-order valence-electron chi connectivity index (χ4n) is 4.24. The van der Waals surface area contributed by atoms with Gasteiger partial charge in [-0.3, -0.25) is 9.59 Å². The number of primary amides is 1.